The van der Waals surface area contributed by atoms with Crippen molar-refractivity contribution in [2.45, 2.75) is 13.5 Å². The summed E-state index contributed by atoms with van der Waals surface area (Å²) in [5.41, 5.74) is 3.60. The Labute approximate surface area is 188 Å². The molecule has 1 fully saturated rings. The largest absolute Gasteiger partial charge is 0.354 e. The van der Waals surface area contributed by atoms with Gasteiger partial charge in [-0.15, -0.1) is 0 Å². The quantitative estimate of drug-likeness (QED) is 0.586. The molecule has 0 N–H and O–H groups in total. The highest BCUT2D eigenvalue weighted by molar-refractivity contribution is 6.30. The van der Waals surface area contributed by atoms with Crippen LogP contribution in [0.5, 0.6) is 0 Å². The minimum Gasteiger partial charge on any atom is -0.354 e. The first-order valence-corrected chi connectivity index (χ1v) is 10.9. The molecule has 1 aromatic heterocycles. The third kappa shape index (κ3) is 5.24. The Morgan fingerprint density at radius 2 is 1.65 bits per heavy atom. The summed E-state index contributed by atoms with van der Waals surface area (Å²) in [6, 6.07) is 19.1. The molecule has 2 aromatic carbocycles. The fraction of sp³-hybridized carbons (Fsp3) is 0.280. The number of carbonyl (C=O) groups excluding carboxylic acids is 1. The topological polar surface area (TPSA) is 39.7 Å². The van der Waals surface area contributed by atoms with E-state index in [0.717, 1.165) is 48.8 Å². The molecule has 2 heterocycles. The van der Waals surface area contributed by atoms with Crippen LogP contribution in [0.25, 0.3) is 0 Å². The van der Waals surface area contributed by atoms with Gasteiger partial charge in [-0.1, -0.05) is 35.4 Å². The first kappa shape index (κ1) is 21.3. The highest BCUT2D eigenvalue weighted by Gasteiger charge is 2.19. The van der Waals surface area contributed by atoms with Crippen molar-refractivity contribution in [3.63, 3.8) is 0 Å². The second-order valence-corrected chi connectivity index (χ2v) is 8.49. The Bertz CT molecular complexity index is 1010. The second kappa shape index (κ2) is 9.50. The number of amides is 1. The van der Waals surface area contributed by atoms with Gasteiger partial charge in [0.1, 0.15) is 5.82 Å². The summed E-state index contributed by atoms with van der Waals surface area (Å²) in [5.74, 6) is 0.923. The Morgan fingerprint density at radius 3 is 2.26 bits per heavy atom. The fourth-order valence-corrected chi connectivity index (χ4v) is 3.79. The number of pyridine rings is 1. The molecular weight excluding hydrogens is 408 g/mol. The van der Waals surface area contributed by atoms with E-state index in [-0.39, 0.29) is 5.91 Å². The van der Waals surface area contributed by atoms with Gasteiger partial charge in [-0.2, -0.15) is 0 Å². The van der Waals surface area contributed by atoms with E-state index in [1.165, 1.54) is 0 Å². The molecule has 0 aliphatic carbocycles. The summed E-state index contributed by atoms with van der Waals surface area (Å²) in [7, 11) is 2.14. The number of aromatic nitrogens is 1. The second-order valence-electron chi connectivity index (χ2n) is 8.05. The van der Waals surface area contributed by atoms with Crippen LogP contribution in [0, 0.1) is 6.92 Å². The molecule has 0 radical (unpaired) electrons. The Morgan fingerprint density at radius 1 is 0.968 bits per heavy atom. The molecule has 31 heavy (non-hydrogen) atoms. The molecule has 4 rings (SSSR count). The maximum Gasteiger partial charge on any atom is 0.258 e. The van der Waals surface area contributed by atoms with Gasteiger partial charge >= 0.3 is 0 Å². The number of anilines is 2. The number of piperazine rings is 1. The van der Waals surface area contributed by atoms with Crippen LogP contribution in [0.2, 0.25) is 5.02 Å². The van der Waals surface area contributed by atoms with Crippen LogP contribution in [0.1, 0.15) is 21.5 Å². The fourth-order valence-electron chi connectivity index (χ4n) is 3.67. The van der Waals surface area contributed by atoms with Gasteiger partial charge in [-0.25, -0.2) is 4.98 Å². The number of hydrogen-bond donors (Lipinski definition) is 0. The van der Waals surface area contributed by atoms with Crippen LogP contribution in [0.15, 0.2) is 66.9 Å². The summed E-state index contributed by atoms with van der Waals surface area (Å²) in [6.07, 6.45) is 1.88. The Balaban J connectivity index is 1.56. The van der Waals surface area contributed by atoms with Crippen LogP contribution in [0.4, 0.5) is 11.5 Å². The van der Waals surface area contributed by atoms with Gasteiger partial charge in [0, 0.05) is 48.6 Å². The van der Waals surface area contributed by atoms with E-state index in [2.05, 4.69) is 34.0 Å². The molecule has 0 bridgehead atoms. The molecule has 1 amide bonds. The smallest absolute Gasteiger partial charge is 0.258 e. The number of rotatable bonds is 5. The molecule has 0 saturated carbocycles. The van der Waals surface area contributed by atoms with E-state index < -0.39 is 0 Å². The van der Waals surface area contributed by atoms with Gasteiger partial charge in [0.25, 0.3) is 5.91 Å². The maximum atomic E-state index is 13.3. The third-order valence-electron chi connectivity index (χ3n) is 5.66. The zero-order chi connectivity index (χ0) is 21.8. The lowest BCUT2D eigenvalue weighted by atomic mass is 10.1. The van der Waals surface area contributed by atoms with Crippen LogP contribution in [-0.2, 0) is 6.54 Å². The van der Waals surface area contributed by atoms with Crippen LogP contribution >= 0.6 is 11.6 Å². The number of likely N-dealkylation sites (N-methyl/N-ethyl adjacent to an activating group) is 1. The van der Waals surface area contributed by atoms with E-state index in [4.69, 9.17) is 11.6 Å². The lowest BCUT2D eigenvalue weighted by molar-refractivity contribution is 0.0985. The van der Waals surface area contributed by atoms with Crippen LogP contribution in [0.3, 0.4) is 0 Å². The van der Waals surface area contributed by atoms with Gasteiger partial charge in [-0.3, -0.25) is 4.79 Å². The predicted molar refractivity (Wildman–Crippen MR) is 127 cm³/mol. The van der Waals surface area contributed by atoms with Crippen LogP contribution in [-0.4, -0.2) is 49.0 Å². The zero-order valence-corrected chi connectivity index (χ0v) is 18.7. The van der Waals surface area contributed by atoms with Crippen molar-refractivity contribution < 1.29 is 4.79 Å². The normalized spacial score (nSPS) is 14.5. The predicted octanol–water partition coefficient (Wildman–Crippen LogP) is 4.64. The third-order valence-corrected chi connectivity index (χ3v) is 5.91. The van der Waals surface area contributed by atoms with E-state index in [1.807, 2.05) is 37.4 Å². The molecule has 0 unspecified atom stereocenters. The average molecular weight is 435 g/mol. The first-order valence-electron chi connectivity index (χ1n) is 10.5. The number of aryl methyl sites for hydroxylation is 1. The summed E-state index contributed by atoms with van der Waals surface area (Å²) in [5, 5.41) is 0.613. The number of carbonyl (C=O) groups is 1. The van der Waals surface area contributed by atoms with Gasteiger partial charge in [0.2, 0.25) is 0 Å². The van der Waals surface area contributed by atoms with Crippen molar-refractivity contribution >= 4 is 29.0 Å². The van der Waals surface area contributed by atoms with Crippen molar-refractivity contribution in [3.05, 3.63) is 88.6 Å². The van der Waals surface area contributed by atoms with Crippen molar-refractivity contribution in [1.29, 1.82) is 0 Å². The molecule has 160 valence electrons. The molecule has 0 atom stereocenters. The highest BCUT2D eigenvalue weighted by atomic mass is 35.5. The van der Waals surface area contributed by atoms with E-state index in [1.54, 1.807) is 29.2 Å². The van der Waals surface area contributed by atoms with Gasteiger partial charge in [-0.05, 0) is 62.0 Å². The van der Waals surface area contributed by atoms with Gasteiger partial charge in [0.15, 0.2) is 0 Å². The van der Waals surface area contributed by atoms with E-state index in [9.17, 15) is 4.79 Å². The Hall–Kier alpha value is -2.89. The summed E-state index contributed by atoms with van der Waals surface area (Å²) in [6.45, 7) is 6.53. The van der Waals surface area contributed by atoms with Crippen LogP contribution < -0.4 is 9.80 Å². The summed E-state index contributed by atoms with van der Waals surface area (Å²) < 4.78 is 0. The number of halogens is 1. The number of nitrogens with zero attached hydrogens (tertiary/aromatic N) is 4. The molecule has 1 aliphatic heterocycles. The molecule has 1 saturated heterocycles. The first-order chi connectivity index (χ1) is 15.0. The SMILES string of the molecule is Cc1ccc(N(Cc2ccc(N3CCN(C)CC3)nc2)C(=O)c2ccc(Cl)cc2)cc1. The monoisotopic (exact) mass is 434 g/mol. The molecule has 6 heteroatoms. The highest BCUT2D eigenvalue weighted by Crippen LogP contribution is 2.23. The zero-order valence-electron chi connectivity index (χ0n) is 18.0. The molecular formula is C25H27ClN4O. The minimum absolute atomic E-state index is 0.0661. The minimum atomic E-state index is -0.0661. The Kier molecular flexibility index (Phi) is 6.54. The van der Waals surface area contributed by atoms with Crippen molar-refractivity contribution in [2.75, 3.05) is 43.0 Å². The molecule has 1 aliphatic rings. The number of benzene rings is 2. The summed E-state index contributed by atoms with van der Waals surface area (Å²) >= 11 is 6.01. The average Bonchev–Trinajstić information content (AvgIpc) is 2.79. The van der Waals surface area contributed by atoms with E-state index in [0.29, 0.717) is 17.1 Å². The standard InChI is InChI=1S/C25H27ClN4O/c1-19-3-10-23(11-4-19)30(25(31)21-6-8-22(26)9-7-21)18-20-5-12-24(27-17-20)29-15-13-28(2)14-16-29/h3-12,17H,13-16,18H2,1-2H3. The van der Waals surface area contributed by atoms with Gasteiger partial charge < -0.3 is 14.7 Å². The molecule has 3 aromatic rings. The summed E-state index contributed by atoms with van der Waals surface area (Å²) in [4.78, 5) is 24.4. The lowest BCUT2D eigenvalue weighted by Crippen LogP contribution is -2.44. The van der Waals surface area contributed by atoms with Crippen molar-refractivity contribution in [3.8, 4) is 0 Å². The molecule has 5 nitrogen and oxygen atoms in total. The molecule has 0 spiro atoms. The van der Waals surface area contributed by atoms with E-state index >= 15 is 0 Å². The number of hydrogen-bond acceptors (Lipinski definition) is 4. The van der Waals surface area contributed by atoms with Gasteiger partial charge in [0.05, 0.1) is 6.54 Å². The lowest BCUT2D eigenvalue weighted by Gasteiger charge is -2.33. The maximum absolute atomic E-state index is 13.3. The van der Waals surface area contributed by atoms with Crippen molar-refractivity contribution in [1.82, 2.24) is 9.88 Å². The van der Waals surface area contributed by atoms with Crippen molar-refractivity contribution in [2.24, 2.45) is 0 Å².